The summed E-state index contributed by atoms with van der Waals surface area (Å²) in [5.41, 5.74) is 0. The highest BCUT2D eigenvalue weighted by molar-refractivity contribution is 4.94. The predicted molar refractivity (Wildman–Crippen MR) is 54.2 cm³/mol. The second kappa shape index (κ2) is 4.66. The molecule has 1 aliphatic rings. The maximum atomic E-state index is 3.89. The molecule has 0 N–H and O–H groups in total. The van der Waals surface area contributed by atoms with E-state index in [4.69, 9.17) is 0 Å². The average Bonchev–Trinajstić information content (AvgIpc) is 2.42. The monoisotopic (exact) mass is 167 g/mol. The molecule has 2 unspecified atom stereocenters. The van der Waals surface area contributed by atoms with Gasteiger partial charge in [0, 0.05) is 12.6 Å². The van der Waals surface area contributed by atoms with Gasteiger partial charge in [0.05, 0.1) is 0 Å². The minimum Gasteiger partial charge on any atom is -0.297 e. The highest BCUT2D eigenvalue weighted by atomic mass is 15.2. The minimum atomic E-state index is 0.659. The predicted octanol–water partition coefficient (Wildman–Crippen LogP) is 2.68. The summed E-state index contributed by atoms with van der Waals surface area (Å²) in [6.45, 7) is 11.0. The van der Waals surface area contributed by atoms with Crippen molar-refractivity contribution in [3.8, 4) is 0 Å². The molecule has 1 rings (SSSR count). The first-order valence-electron chi connectivity index (χ1n) is 5.14. The Morgan fingerprint density at radius 3 is 2.92 bits per heavy atom. The molecule has 0 aliphatic carbocycles. The Morgan fingerprint density at radius 1 is 1.58 bits per heavy atom. The third-order valence-corrected chi connectivity index (χ3v) is 2.73. The van der Waals surface area contributed by atoms with Crippen molar-refractivity contribution in [3.05, 3.63) is 12.7 Å². The van der Waals surface area contributed by atoms with Crippen LogP contribution in [0.3, 0.4) is 0 Å². The van der Waals surface area contributed by atoms with Gasteiger partial charge in [-0.15, -0.1) is 6.58 Å². The molecule has 1 aliphatic heterocycles. The summed E-state index contributed by atoms with van der Waals surface area (Å²) in [6.07, 6.45) is 6.05. The molecule has 0 radical (unpaired) electrons. The molecule has 0 saturated carbocycles. The van der Waals surface area contributed by atoms with Gasteiger partial charge >= 0.3 is 0 Å². The molecule has 1 heteroatoms. The molecule has 0 aromatic heterocycles. The lowest BCUT2D eigenvalue weighted by Gasteiger charge is -2.20. The van der Waals surface area contributed by atoms with Crippen LogP contribution in [-0.4, -0.2) is 24.0 Å². The fourth-order valence-electron chi connectivity index (χ4n) is 2.04. The van der Waals surface area contributed by atoms with Gasteiger partial charge in [0.25, 0.3) is 0 Å². The minimum absolute atomic E-state index is 0.659. The van der Waals surface area contributed by atoms with E-state index in [1.165, 1.54) is 32.4 Å². The Hall–Kier alpha value is -0.300. The molecule has 1 saturated heterocycles. The van der Waals surface area contributed by atoms with Crippen molar-refractivity contribution in [2.75, 3.05) is 13.1 Å². The molecule has 0 aromatic carbocycles. The van der Waals surface area contributed by atoms with Crippen molar-refractivity contribution in [2.45, 2.75) is 39.2 Å². The van der Waals surface area contributed by atoms with Crippen LogP contribution in [-0.2, 0) is 0 Å². The van der Waals surface area contributed by atoms with Crippen molar-refractivity contribution in [2.24, 2.45) is 5.92 Å². The van der Waals surface area contributed by atoms with Crippen LogP contribution < -0.4 is 0 Å². The first-order chi connectivity index (χ1) is 5.77. The summed E-state index contributed by atoms with van der Waals surface area (Å²) >= 11 is 0. The molecule has 1 nitrogen and oxygen atoms in total. The Bertz CT molecular complexity index is 142. The van der Waals surface area contributed by atoms with Gasteiger partial charge in [0.1, 0.15) is 0 Å². The van der Waals surface area contributed by atoms with Gasteiger partial charge in [-0.2, -0.15) is 0 Å². The summed E-state index contributed by atoms with van der Waals surface area (Å²) in [6, 6.07) is 0.659. The third kappa shape index (κ3) is 2.34. The molecule has 1 fully saturated rings. The molecular weight excluding hydrogens is 146 g/mol. The first-order valence-corrected chi connectivity index (χ1v) is 5.14. The van der Waals surface area contributed by atoms with Crippen molar-refractivity contribution < 1.29 is 0 Å². The van der Waals surface area contributed by atoms with Gasteiger partial charge in [0.2, 0.25) is 0 Å². The van der Waals surface area contributed by atoms with Gasteiger partial charge in [0.15, 0.2) is 0 Å². The van der Waals surface area contributed by atoms with E-state index < -0.39 is 0 Å². The fourth-order valence-corrected chi connectivity index (χ4v) is 2.04. The Balaban J connectivity index is 2.35. The van der Waals surface area contributed by atoms with Crippen molar-refractivity contribution >= 4 is 0 Å². The van der Waals surface area contributed by atoms with Gasteiger partial charge in [-0.25, -0.2) is 0 Å². The number of hydrogen-bond donors (Lipinski definition) is 0. The standard InChI is InChI=1S/C11H21N/c1-4-6-7-12-9-10(3)8-11(12)5-2/h5,10-11H,2,4,6-9H2,1,3H3. The quantitative estimate of drug-likeness (QED) is 0.582. The number of unbranched alkanes of at least 4 members (excludes halogenated alkanes) is 1. The number of rotatable bonds is 4. The highest BCUT2D eigenvalue weighted by Crippen LogP contribution is 2.23. The van der Waals surface area contributed by atoms with E-state index in [0.29, 0.717) is 6.04 Å². The SMILES string of the molecule is C=CC1CC(C)CN1CCCC. The van der Waals surface area contributed by atoms with E-state index >= 15 is 0 Å². The molecule has 0 aromatic rings. The zero-order valence-electron chi connectivity index (χ0n) is 8.42. The molecular formula is C11H21N. The smallest absolute Gasteiger partial charge is 0.0278 e. The van der Waals surface area contributed by atoms with Gasteiger partial charge in [-0.1, -0.05) is 26.3 Å². The van der Waals surface area contributed by atoms with Crippen LogP contribution >= 0.6 is 0 Å². The van der Waals surface area contributed by atoms with Crippen LogP contribution in [0.25, 0.3) is 0 Å². The van der Waals surface area contributed by atoms with Crippen LogP contribution in [0.1, 0.15) is 33.1 Å². The van der Waals surface area contributed by atoms with Crippen LogP contribution in [0, 0.1) is 5.92 Å². The van der Waals surface area contributed by atoms with Gasteiger partial charge in [-0.05, 0) is 25.3 Å². The summed E-state index contributed by atoms with van der Waals surface area (Å²) < 4.78 is 0. The van der Waals surface area contributed by atoms with E-state index in [9.17, 15) is 0 Å². The normalized spacial score (nSPS) is 30.8. The Morgan fingerprint density at radius 2 is 2.33 bits per heavy atom. The highest BCUT2D eigenvalue weighted by Gasteiger charge is 2.26. The largest absolute Gasteiger partial charge is 0.297 e. The van der Waals surface area contributed by atoms with E-state index in [2.05, 4.69) is 31.4 Å². The van der Waals surface area contributed by atoms with Crippen molar-refractivity contribution in [1.29, 1.82) is 0 Å². The lowest BCUT2D eigenvalue weighted by Crippen LogP contribution is -2.28. The maximum Gasteiger partial charge on any atom is 0.0278 e. The van der Waals surface area contributed by atoms with Crippen LogP contribution in [0.5, 0.6) is 0 Å². The molecule has 0 amide bonds. The zero-order chi connectivity index (χ0) is 8.97. The lowest BCUT2D eigenvalue weighted by atomic mass is 10.1. The van der Waals surface area contributed by atoms with Gasteiger partial charge in [-0.3, -0.25) is 4.90 Å². The Labute approximate surface area is 76.5 Å². The van der Waals surface area contributed by atoms with Crippen molar-refractivity contribution in [1.82, 2.24) is 4.90 Å². The zero-order valence-corrected chi connectivity index (χ0v) is 8.42. The number of likely N-dealkylation sites (tertiary alicyclic amines) is 1. The first kappa shape index (κ1) is 9.79. The molecule has 2 atom stereocenters. The average molecular weight is 167 g/mol. The van der Waals surface area contributed by atoms with E-state index in [-0.39, 0.29) is 0 Å². The fraction of sp³-hybridized carbons (Fsp3) is 0.818. The molecule has 0 bridgehead atoms. The summed E-state index contributed by atoms with van der Waals surface area (Å²) in [5.74, 6) is 0.866. The maximum absolute atomic E-state index is 3.89. The van der Waals surface area contributed by atoms with Crippen molar-refractivity contribution in [3.63, 3.8) is 0 Å². The number of hydrogen-bond acceptors (Lipinski definition) is 1. The number of nitrogens with zero attached hydrogens (tertiary/aromatic N) is 1. The Kier molecular flexibility index (Phi) is 3.80. The lowest BCUT2D eigenvalue weighted by molar-refractivity contribution is 0.280. The third-order valence-electron chi connectivity index (χ3n) is 2.73. The molecule has 0 spiro atoms. The second-order valence-electron chi connectivity index (χ2n) is 3.99. The van der Waals surface area contributed by atoms with Crippen LogP contribution in [0.2, 0.25) is 0 Å². The topological polar surface area (TPSA) is 3.24 Å². The molecule has 12 heavy (non-hydrogen) atoms. The second-order valence-corrected chi connectivity index (χ2v) is 3.99. The molecule has 70 valence electrons. The van der Waals surface area contributed by atoms with Gasteiger partial charge < -0.3 is 0 Å². The summed E-state index contributed by atoms with van der Waals surface area (Å²) in [4.78, 5) is 2.57. The van der Waals surface area contributed by atoms with E-state index in [0.717, 1.165) is 5.92 Å². The van der Waals surface area contributed by atoms with Crippen LogP contribution in [0.4, 0.5) is 0 Å². The van der Waals surface area contributed by atoms with E-state index in [1.807, 2.05) is 0 Å². The summed E-state index contributed by atoms with van der Waals surface area (Å²) in [7, 11) is 0. The molecule has 1 heterocycles. The van der Waals surface area contributed by atoms with Crippen LogP contribution in [0.15, 0.2) is 12.7 Å². The summed E-state index contributed by atoms with van der Waals surface area (Å²) in [5, 5.41) is 0. The van der Waals surface area contributed by atoms with E-state index in [1.54, 1.807) is 0 Å².